The molecule has 0 saturated heterocycles. The number of hydrogen-bond donors (Lipinski definition) is 2. The first-order chi connectivity index (χ1) is 15.7. The summed E-state index contributed by atoms with van der Waals surface area (Å²) < 4.78 is 16.8. The zero-order chi connectivity index (χ0) is 22.6. The number of methoxy groups -OCH3 is 2. The van der Waals surface area contributed by atoms with E-state index in [0.717, 1.165) is 29.8 Å². The number of hydrogen-bond acceptors (Lipinski definition) is 5. The van der Waals surface area contributed by atoms with Gasteiger partial charge in [-0.1, -0.05) is 17.9 Å². The van der Waals surface area contributed by atoms with Gasteiger partial charge in [0.25, 0.3) is 0 Å². The Bertz CT molecular complexity index is 1030. The maximum Gasteiger partial charge on any atom is 0.209 e. The van der Waals surface area contributed by atoms with E-state index < -0.39 is 0 Å². The van der Waals surface area contributed by atoms with Crippen LogP contribution in [0, 0.1) is 23.3 Å². The van der Waals surface area contributed by atoms with Gasteiger partial charge in [-0.25, -0.2) is 0 Å². The van der Waals surface area contributed by atoms with E-state index >= 15 is 0 Å². The number of nitriles is 1. The molecular formula is C25H28N4O3. The molecule has 0 aliphatic heterocycles. The molecule has 1 aliphatic rings. The molecule has 2 aromatic rings. The lowest BCUT2D eigenvalue weighted by Crippen LogP contribution is -2.27. The summed E-state index contributed by atoms with van der Waals surface area (Å²) in [4.78, 5) is 4.42. The normalized spacial score (nSPS) is 13.5. The molecule has 2 aromatic carbocycles. The predicted molar refractivity (Wildman–Crippen MR) is 125 cm³/mol. The number of aliphatic imine (C=N–C) groups is 1. The molecule has 7 nitrogen and oxygen atoms in total. The van der Waals surface area contributed by atoms with Crippen molar-refractivity contribution in [3.63, 3.8) is 0 Å². The minimum Gasteiger partial charge on any atom is -0.497 e. The summed E-state index contributed by atoms with van der Waals surface area (Å²) in [5, 5.41) is 14.8. The van der Waals surface area contributed by atoms with E-state index in [9.17, 15) is 0 Å². The van der Waals surface area contributed by atoms with E-state index in [0.29, 0.717) is 30.4 Å². The Labute approximate surface area is 189 Å². The highest BCUT2D eigenvalue weighted by atomic mass is 16.5. The first kappa shape index (κ1) is 22.8. The third kappa shape index (κ3) is 6.85. The van der Waals surface area contributed by atoms with Crippen LogP contribution < -0.4 is 24.8 Å². The number of anilines is 1. The van der Waals surface area contributed by atoms with Crippen molar-refractivity contribution in [3.8, 4) is 35.3 Å². The summed E-state index contributed by atoms with van der Waals surface area (Å²) >= 11 is 0. The molecule has 166 valence electrons. The fourth-order valence-corrected chi connectivity index (χ4v) is 3.42. The Kier molecular flexibility index (Phi) is 8.65. The van der Waals surface area contributed by atoms with E-state index in [-0.39, 0.29) is 6.10 Å². The molecule has 0 unspecified atom stereocenters. The summed E-state index contributed by atoms with van der Waals surface area (Å²) in [6.45, 7) is 0.440. The van der Waals surface area contributed by atoms with Gasteiger partial charge in [0.15, 0.2) is 17.7 Å². The number of rotatable bonds is 7. The van der Waals surface area contributed by atoms with Crippen LogP contribution in [0.3, 0.4) is 0 Å². The maximum absolute atomic E-state index is 9.08. The Morgan fingerprint density at radius 3 is 2.69 bits per heavy atom. The van der Waals surface area contributed by atoms with Gasteiger partial charge in [-0.15, -0.1) is 0 Å². The lowest BCUT2D eigenvalue weighted by molar-refractivity contribution is 0.201. The third-order valence-corrected chi connectivity index (χ3v) is 5.01. The largest absolute Gasteiger partial charge is 0.497 e. The molecule has 3 rings (SSSR count). The number of nitrogens with zero attached hydrogens (tertiary/aromatic N) is 2. The van der Waals surface area contributed by atoms with E-state index in [1.165, 1.54) is 12.8 Å². The van der Waals surface area contributed by atoms with Gasteiger partial charge in [-0.3, -0.25) is 10.3 Å². The van der Waals surface area contributed by atoms with Gasteiger partial charge < -0.3 is 19.5 Å². The summed E-state index contributed by atoms with van der Waals surface area (Å²) in [5.41, 5.74) is 1.64. The van der Waals surface area contributed by atoms with Crippen molar-refractivity contribution >= 4 is 11.6 Å². The van der Waals surface area contributed by atoms with E-state index in [2.05, 4.69) is 27.5 Å². The minimum absolute atomic E-state index is 0.215. The van der Waals surface area contributed by atoms with Gasteiger partial charge in [0.05, 0.1) is 26.9 Å². The van der Waals surface area contributed by atoms with Crippen LogP contribution in [0.15, 0.2) is 47.5 Å². The fourth-order valence-electron chi connectivity index (χ4n) is 3.42. The highest BCUT2D eigenvalue weighted by Gasteiger charge is 2.18. The van der Waals surface area contributed by atoms with Crippen LogP contribution >= 0.6 is 0 Å². The predicted octanol–water partition coefficient (Wildman–Crippen LogP) is 4.31. The Balaban J connectivity index is 1.62. The molecule has 0 spiro atoms. The SMILES string of the molecule is COc1cccc(C#CCCN=C(NC#N)Nc2ccc(OC)c(OC3CCCC3)c2)c1. The molecule has 0 aromatic heterocycles. The molecule has 7 heteroatoms. The van der Waals surface area contributed by atoms with E-state index in [1.807, 2.05) is 48.7 Å². The summed E-state index contributed by atoms with van der Waals surface area (Å²) in [6.07, 6.45) is 7.17. The van der Waals surface area contributed by atoms with E-state index in [4.69, 9.17) is 19.5 Å². The molecule has 0 heterocycles. The second-order valence-corrected chi connectivity index (χ2v) is 7.27. The standard InChI is InChI=1S/C25H28N4O3/c1-30-22-12-7-9-19(16-22)8-5-6-15-27-25(28-18-26)29-20-13-14-23(31-2)24(17-20)32-21-10-3-4-11-21/h7,9,12-14,16-17,21H,3-4,6,10-11,15H2,1-2H3,(H2,27,28,29). The second-order valence-electron chi connectivity index (χ2n) is 7.27. The average Bonchev–Trinajstić information content (AvgIpc) is 3.32. The van der Waals surface area contributed by atoms with Crippen molar-refractivity contribution in [2.24, 2.45) is 4.99 Å². The molecule has 0 bridgehead atoms. The Morgan fingerprint density at radius 2 is 1.94 bits per heavy atom. The number of benzene rings is 2. The lowest BCUT2D eigenvalue weighted by atomic mass is 10.2. The second kappa shape index (κ2) is 12.1. The molecular weight excluding hydrogens is 404 g/mol. The summed E-state index contributed by atoms with van der Waals surface area (Å²) in [7, 11) is 3.26. The Hall–Kier alpha value is -3.84. The van der Waals surface area contributed by atoms with Gasteiger partial charge in [-0.05, 0) is 56.0 Å². The van der Waals surface area contributed by atoms with Gasteiger partial charge in [0.2, 0.25) is 5.96 Å². The van der Waals surface area contributed by atoms with Crippen LogP contribution in [0.1, 0.15) is 37.7 Å². The smallest absolute Gasteiger partial charge is 0.209 e. The van der Waals surface area contributed by atoms with Gasteiger partial charge >= 0.3 is 0 Å². The number of ether oxygens (including phenoxy) is 3. The molecule has 2 N–H and O–H groups in total. The first-order valence-electron chi connectivity index (χ1n) is 10.7. The molecule has 1 fully saturated rings. The maximum atomic E-state index is 9.08. The van der Waals surface area contributed by atoms with Crippen molar-refractivity contribution in [2.75, 3.05) is 26.1 Å². The zero-order valence-electron chi connectivity index (χ0n) is 18.5. The quantitative estimate of drug-likeness (QED) is 0.169. The first-order valence-corrected chi connectivity index (χ1v) is 10.7. The third-order valence-electron chi connectivity index (χ3n) is 5.01. The monoisotopic (exact) mass is 432 g/mol. The number of nitrogens with one attached hydrogen (secondary N) is 2. The molecule has 0 radical (unpaired) electrons. The van der Waals surface area contributed by atoms with Gasteiger partial charge in [0.1, 0.15) is 5.75 Å². The van der Waals surface area contributed by atoms with Crippen molar-refractivity contribution in [3.05, 3.63) is 48.0 Å². The molecule has 1 aliphatic carbocycles. The highest BCUT2D eigenvalue weighted by Crippen LogP contribution is 2.33. The van der Waals surface area contributed by atoms with Crippen molar-refractivity contribution in [2.45, 2.75) is 38.2 Å². The Morgan fingerprint density at radius 1 is 1.09 bits per heavy atom. The van der Waals surface area contributed by atoms with E-state index in [1.54, 1.807) is 14.2 Å². The van der Waals surface area contributed by atoms with Crippen LogP contribution in [0.25, 0.3) is 0 Å². The molecule has 1 saturated carbocycles. The molecule has 0 amide bonds. The van der Waals surface area contributed by atoms with Crippen LogP contribution in [0.5, 0.6) is 17.2 Å². The zero-order valence-corrected chi connectivity index (χ0v) is 18.5. The highest BCUT2D eigenvalue weighted by molar-refractivity contribution is 5.94. The summed E-state index contributed by atoms with van der Waals surface area (Å²) in [6, 6.07) is 13.2. The van der Waals surface area contributed by atoms with Gasteiger partial charge in [0, 0.05) is 23.7 Å². The fraction of sp³-hybridized carbons (Fsp3) is 0.360. The van der Waals surface area contributed by atoms with Crippen LogP contribution in [-0.2, 0) is 0 Å². The molecule has 0 atom stereocenters. The number of guanidine groups is 1. The van der Waals surface area contributed by atoms with Crippen LogP contribution in [0.2, 0.25) is 0 Å². The molecule has 32 heavy (non-hydrogen) atoms. The van der Waals surface area contributed by atoms with Crippen molar-refractivity contribution < 1.29 is 14.2 Å². The van der Waals surface area contributed by atoms with Crippen LogP contribution in [0.4, 0.5) is 5.69 Å². The van der Waals surface area contributed by atoms with Crippen LogP contribution in [-0.4, -0.2) is 32.8 Å². The lowest BCUT2D eigenvalue weighted by Gasteiger charge is -2.17. The summed E-state index contributed by atoms with van der Waals surface area (Å²) in [5.74, 6) is 8.68. The topological polar surface area (TPSA) is 87.9 Å². The van der Waals surface area contributed by atoms with Crippen molar-refractivity contribution in [1.82, 2.24) is 5.32 Å². The minimum atomic E-state index is 0.215. The van der Waals surface area contributed by atoms with Gasteiger partial charge in [-0.2, -0.15) is 5.26 Å². The van der Waals surface area contributed by atoms with Crippen molar-refractivity contribution in [1.29, 1.82) is 5.26 Å². The average molecular weight is 433 g/mol.